The average molecular weight is 620 g/mol. The minimum absolute atomic E-state index is 0.143. The van der Waals surface area contributed by atoms with E-state index >= 15 is 0 Å². The van der Waals surface area contributed by atoms with Gasteiger partial charge in [-0.15, -0.1) is 0 Å². The van der Waals surface area contributed by atoms with Gasteiger partial charge in [0.25, 0.3) is 0 Å². The molecule has 9 rings (SSSR count). The zero-order valence-corrected chi connectivity index (χ0v) is 26.9. The van der Waals surface area contributed by atoms with Gasteiger partial charge in [-0.1, -0.05) is 111 Å². The molecule has 0 fully saturated rings. The van der Waals surface area contributed by atoms with Crippen LogP contribution in [0.1, 0.15) is 36.1 Å². The van der Waals surface area contributed by atoms with Crippen LogP contribution in [0.25, 0.3) is 45.0 Å². The SMILES string of the molecule is CC1(C)c2ccccc2N(c2ccc(O)c(-c3cc(-c4nc(-c5ccccc5)cc(-c5ccccc5)n4)cc4c3C4)c2)c2ccccc21. The molecule has 0 saturated heterocycles. The molecule has 0 amide bonds. The molecule has 4 heteroatoms. The number of aromatic nitrogens is 2. The van der Waals surface area contributed by atoms with Gasteiger partial charge >= 0.3 is 0 Å². The van der Waals surface area contributed by atoms with E-state index in [1.165, 1.54) is 22.3 Å². The number of hydrogen-bond donors (Lipinski definition) is 1. The Balaban J connectivity index is 1.19. The first kappa shape index (κ1) is 28.2. The second-order valence-electron chi connectivity index (χ2n) is 13.2. The van der Waals surface area contributed by atoms with Gasteiger partial charge in [0.2, 0.25) is 0 Å². The first-order valence-corrected chi connectivity index (χ1v) is 16.4. The van der Waals surface area contributed by atoms with Gasteiger partial charge in [0.15, 0.2) is 5.82 Å². The van der Waals surface area contributed by atoms with E-state index in [-0.39, 0.29) is 11.2 Å². The fraction of sp³-hybridized carbons (Fsp3) is 0.0909. The normalized spacial score (nSPS) is 13.8. The van der Waals surface area contributed by atoms with Crippen molar-refractivity contribution in [3.8, 4) is 50.8 Å². The Kier molecular flexibility index (Phi) is 6.34. The Hall–Kier alpha value is -6.00. The zero-order chi connectivity index (χ0) is 32.4. The smallest absolute Gasteiger partial charge is 0.160 e. The molecule has 0 spiro atoms. The van der Waals surface area contributed by atoms with Crippen molar-refractivity contribution in [3.05, 3.63) is 168 Å². The Morgan fingerprint density at radius 2 is 1.12 bits per heavy atom. The molecular weight excluding hydrogens is 587 g/mol. The quantitative estimate of drug-likeness (QED) is 0.208. The van der Waals surface area contributed by atoms with Gasteiger partial charge in [-0.25, -0.2) is 9.97 Å². The predicted molar refractivity (Wildman–Crippen MR) is 195 cm³/mol. The van der Waals surface area contributed by atoms with Crippen molar-refractivity contribution in [2.45, 2.75) is 25.7 Å². The summed E-state index contributed by atoms with van der Waals surface area (Å²) in [5.41, 5.74) is 14.9. The second-order valence-corrected chi connectivity index (χ2v) is 13.2. The van der Waals surface area contributed by atoms with Crippen molar-refractivity contribution in [1.29, 1.82) is 0 Å². The summed E-state index contributed by atoms with van der Waals surface area (Å²) in [6, 6.07) is 50.2. The lowest BCUT2D eigenvalue weighted by Gasteiger charge is -2.42. The van der Waals surface area contributed by atoms with Crippen LogP contribution in [0.15, 0.2) is 146 Å². The van der Waals surface area contributed by atoms with E-state index in [0.29, 0.717) is 5.82 Å². The maximum absolute atomic E-state index is 11.4. The fourth-order valence-corrected chi connectivity index (χ4v) is 7.31. The Labute approximate surface area is 280 Å². The molecule has 0 atom stereocenters. The molecule has 0 unspecified atom stereocenters. The highest BCUT2D eigenvalue weighted by atomic mass is 16.3. The van der Waals surface area contributed by atoms with Gasteiger partial charge < -0.3 is 10.0 Å². The lowest BCUT2D eigenvalue weighted by atomic mass is 9.73. The molecule has 0 radical (unpaired) electrons. The molecule has 48 heavy (non-hydrogen) atoms. The first-order chi connectivity index (χ1) is 23.5. The number of phenols is 1. The highest BCUT2D eigenvalue weighted by molar-refractivity contribution is 5.90. The van der Waals surface area contributed by atoms with E-state index in [9.17, 15) is 5.11 Å². The van der Waals surface area contributed by atoms with E-state index in [1.807, 2.05) is 48.5 Å². The molecular formula is C44H33N3O. The standard InChI is InChI=1S/C44H33N3O/c1-44(2)36-17-9-11-19-40(36)47(41-20-12-10-18-37(41)44)32-21-22-42(48)35(26-32)34-25-31(23-30-24-33(30)34)43-45-38(28-13-5-3-6-14-28)27-39(46-43)29-15-7-4-8-16-29/h3-23,25-27,48H,24H2,1-2H3. The van der Waals surface area contributed by atoms with Gasteiger partial charge in [0.1, 0.15) is 5.75 Å². The van der Waals surface area contributed by atoms with Crippen LogP contribution in [0.2, 0.25) is 0 Å². The first-order valence-electron chi connectivity index (χ1n) is 16.4. The third kappa shape index (κ3) is 4.60. The molecule has 2 aliphatic rings. The minimum atomic E-state index is -0.143. The minimum Gasteiger partial charge on any atom is -0.507 e. The predicted octanol–water partition coefficient (Wildman–Crippen LogP) is 10.9. The summed E-state index contributed by atoms with van der Waals surface area (Å²) in [4.78, 5) is 12.5. The molecule has 1 N–H and O–H groups in total. The fourth-order valence-electron chi connectivity index (χ4n) is 7.31. The maximum Gasteiger partial charge on any atom is 0.160 e. The van der Waals surface area contributed by atoms with Crippen molar-refractivity contribution in [2.24, 2.45) is 0 Å². The number of para-hydroxylation sites is 2. The van der Waals surface area contributed by atoms with Crippen LogP contribution in [0.3, 0.4) is 0 Å². The summed E-state index contributed by atoms with van der Waals surface area (Å²) in [6.07, 6.45) is 0.881. The van der Waals surface area contributed by atoms with Crippen LogP contribution < -0.4 is 4.90 Å². The maximum atomic E-state index is 11.4. The van der Waals surface area contributed by atoms with Crippen LogP contribution in [0.4, 0.5) is 17.1 Å². The number of fused-ring (bicyclic) bond motifs is 3. The number of phenolic OH excluding ortho intramolecular Hbond substituents is 1. The molecule has 4 nitrogen and oxygen atoms in total. The van der Waals surface area contributed by atoms with Crippen LogP contribution in [-0.2, 0) is 11.8 Å². The number of nitrogens with zero attached hydrogens (tertiary/aromatic N) is 3. The van der Waals surface area contributed by atoms with E-state index < -0.39 is 0 Å². The van der Waals surface area contributed by atoms with Gasteiger partial charge in [-0.05, 0) is 82.8 Å². The Bertz CT molecular complexity index is 2260. The summed E-state index contributed by atoms with van der Waals surface area (Å²) in [5, 5.41) is 11.4. The number of aromatic hydroxyl groups is 1. The highest BCUT2D eigenvalue weighted by Crippen LogP contribution is 2.53. The third-order valence-corrected chi connectivity index (χ3v) is 9.87. The van der Waals surface area contributed by atoms with Crippen molar-refractivity contribution < 1.29 is 5.11 Å². The van der Waals surface area contributed by atoms with Gasteiger partial charge in [0.05, 0.1) is 22.8 Å². The molecule has 0 bridgehead atoms. The number of hydrogen-bond acceptors (Lipinski definition) is 4. The summed E-state index contributed by atoms with van der Waals surface area (Å²) >= 11 is 0. The number of benzene rings is 6. The zero-order valence-electron chi connectivity index (χ0n) is 26.9. The van der Waals surface area contributed by atoms with Gasteiger partial charge in [0, 0.05) is 33.4 Å². The van der Waals surface area contributed by atoms with Crippen molar-refractivity contribution >= 4 is 17.1 Å². The summed E-state index contributed by atoms with van der Waals surface area (Å²) < 4.78 is 0. The third-order valence-electron chi connectivity index (χ3n) is 9.87. The lowest BCUT2D eigenvalue weighted by molar-refractivity contribution is 0.477. The van der Waals surface area contributed by atoms with Gasteiger partial charge in [-0.2, -0.15) is 0 Å². The summed E-state index contributed by atoms with van der Waals surface area (Å²) in [6.45, 7) is 4.59. The molecule has 1 aromatic heterocycles. The van der Waals surface area contributed by atoms with Crippen LogP contribution in [-0.4, -0.2) is 15.1 Å². The van der Waals surface area contributed by atoms with Crippen molar-refractivity contribution in [3.63, 3.8) is 0 Å². The molecule has 6 aromatic carbocycles. The van der Waals surface area contributed by atoms with Crippen LogP contribution >= 0.6 is 0 Å². The molecule has 230 valence electrons. The molecule has 0 saturated carbocycles. The van der Waals surface area contributed by atoms with E-state index in [1.54, 1.807) is 0 Å². The molecule has 7 aromatic rings. The monoisotopic (exact) mass is 619 g/mol. The molecule has 1 aliphatic heterocycles. The van der Waals surface area contributed by atoms with Crippen LogP contribution in [0.5, 0.6) is 5.75 Å². The average Bonchev–Trinajstić information content (AvgIpc) is 3.93. The lowest BCUT2D eigenvalue weighted by Crippen LogP contribution is -2.30. The largest absolute Gasteiger partial charge is 0.507 e. The van der Waals surface area contributed by atoms with E-state index in [2.05, 4.69) is 116 Å². The van der Waals surface area contributed by atoms with Crippen molar-refractivity contribution in [2.75, 3.05) is 4.90 Å². The van der Waals surface area contributed by atoms with E-state index in [4.69, 9.17) is 9.97 Å². The summed E-state index contributed by atoms with van der Waals surface area (Å²) in [5.74, 6) is 0.927. The molecule has 2 heterocycles. The molecule has 1 aliphatic carbocycles. The summed E-state index contributed by atoms with van der Waals surface area (Å²) in [7, 11) is 0. The van der Waals surface area contributed by atoms with Crippen molar-refractivity contribution in [1.82, 2.24) is 9.97 Å². The highest BCUT2D eigenvalue weighted by Gasteiger charge is 2.36. The van der Waals surface area contributed by atoms with Gasteiger partial charge in [-0.3, -0.25) is 0 Å². The Morgan fingerprint density at radius 1 is 0.562 bits per heavy atom. The van der Waals surface area contributed by atoms with Crippen LogP contribution in [0, 0.1) is 0 Å². The number of anilines is 3. The number of rotatable bonds is 5. The Morgan fingerprint density at radius 3 is 1.73 bits per heavy atom. The second kappa shape index (κ2) is 10.8. The van der Waals surface area contributed by atoms with E-state index in [0.717, 1.165) is 62.7 Å². The topological polar surface area (TPSA) is 49.2 Å².